The summed E-state index contributed by atoms with van der Waals surface area (Å²) in [5.41, 5.74) is 8.44. The number of amides is 2. The summed E-state index contributed by atoms with van der Waals surface area (Å²) in [6, 6.07) is 15.8. The van der Waals surface area contributed by atoms with E-state index in [1.54, 1.807) is 0 Å². The van der Waals surface area contributed by atoms with E-state index in [0.717, 1.165) is 55.0 Å². The first-order chi connectivity index (χ1) is 14.1. The number of carbonyl (C=O) groups is 2. The molecule has 6 nitrogen and oxygen atoms in total. The fourth-order valence-corrected chi connectivity index (χ4v) is 4.12. The van der Waals surface area contributed by atoms with E-state index >= 15 is 0 Å². The molecule has 0 aromatic heterocycles. The van der Waals surface area contributed by atoms with Gasteiger partial charge >= 0.3 is 0 Å². The van der Waals surface area contributed by atoms with Gasteiger partial charge < -0.3 is 15.8 Å². The molecule has 1 fully saturated rings. The molecule has 2 aliphatic rings. The predicted molar refractivity (Wildman–Crippen MR) is 111 cm³/mol. The fourth-order valence-electron chi connectivity index (χ4n) is 4.12. The Kier molecular flexibility index (Phi) is 5.81. The van der Waals surface area contributed by atoms with Crippen LogP contribution in [0.3, 0.4) is 0 Å². The van der Waals surface area contributed by atoms with Gasteiger partial charge in [-0.05, 0) is 61.7 Å². The summed E-state index contributed by atoms with van der Waals surface area (Å²) in [5.74, 6) is 0.474. The number of para-hydroxylation sites is 1. The highest BCUT2D eigenvalue weighted by Crippen LogP contribution is 2.27. The van der Waals surface area contributed by atoms with Gasteiger partial charge in [0.2, 0.25) is 11.8 Å². The van der Waals surface area contributed by atoms with E-state index in [-0.39, 0.29) is 23.7 Å². The number of hydrogen-bond acceptors (Lipinski definition) is 4. The summed E-state index contributed by atoms with van der Waals surface area (Å²) in [7, 11) is 0. The van der Waals surface area contributed by atoms with Crippen molar-refractivity contribution >= 4 is 17.5 Å². The highest BCUT2D eigenvalue weighted by molar-refractivity contribution is 5.93. The number of nitrogens with two attached hydrogens (primary N) is 1. The third-order valence-corrected chi connectivity index (χ3v) is 5.84. The van der Waals surface area contributed by atoms with Crippen molar-refractivity contribution in [2.45, 2.75) is 25.8 Å². The van der Waals surface area contributed by atoms with E-state index in [2.05, 4.69) is 16.3 Å². The maximum absolute atomic E-state index is 12.7. The minimum Gasteiger partial charge on any atom is -0.492 e. The number of piperidine rings is 1. The largest absolute Gasteiger partial charge is 0.492 e. The Bertz CT molecular complexity index is 890. The Balaban J connectivity index is 1.33. The second-order valence-electron chi connectivity index (χ2n) is 7.96. The molecule has 0 radical (unpaired) electrons. The Hall–Kier alpha value is -2.86. The molecule has 29 heavy (non-hydrogen) atoms. The van der Waals surface area contributed by atoms with Crippen LogP contribution >= 0.6 is 0 Å². The Morgan fingerprint density at radius 3 is 2.66 bits per heavy atom. The van der Waals surface area contributed by atoms with Gasteiger partial charge in [-0.15, -0.1) is 0 Å². The molecule has 3 N–H and O–H groups in total. The third-order valence-electron chi connectivity index (χ3n) is 5.84. The van der Waals surface area contributed by atoms with Crippen molar-refractivity contribution in [1.82, 2.24) is 4.90 Å². The van der Waals surface area contributed by atoms with Crippen LogP contribution in [0.2, 0.25) is 0 Å². The van der Waals surface area contributed by atoms with E-state index in [4.69, 9.17) is 10.5 Å². The van der Waals surface area contributed by atoms with Crippen LogP contribution in [0.25, 0.3) is 0 Å². The zero-order valence-electron chi connectivity index (χ0n) is 16.5. The number of fused-ring (bicyclic) bond motifs is 1. The number of hydrogen-bond donors (Lipinski definition) is 2. The molecule has 2 aromatic rings. The van der Waals surface area contributed by atoms with Crippen molar-refractivity contribution in [3.63, 3.8) is 0 Å². The molecule has 1 atom stereocenters. The number of nitrogens with one attached hydrogen (secondary N) is 1. The molecule has 2 aromatic carbocycles. The summed E-state index contributed by atoms with van der Waals surface area (Å²) in [4.78, 5) is 26.4. The second kappa shape index (κ2) is 8.66. The van der Waals surface area contributed by atoms with Crippen LogP contribution in [0.1, 0.15) is 24.0 Å². The van der Waals surface area contributed by atoms with Crippen LogP contribution in [0.15, 0.2) is 48.5 Å². The summed E-state index contributed by atoms with van der Waals surface area (Å²) < 4.78 is 5.74. The van der Waals surface area contributed by atoms with Crippen LogP contribution in [0, 0.1) is 11.8 Å². The SMILES string of the molecule is NC(=O)C1CCN(Cc2cccc(NC(=O)[C@@H]3COc4ccccc4C3)c2)CC1. The van der Waals surface area contributed by atoms with Crippen LogP contribution in [-0.4, -0.2) is 36.4 Å². The Morgan fingerprint density at radius 1 is 1.07 bits per heavy atom. The smallest absolute Gasteiger partial charge is 0.231 e. The number of carbonyl (C=O) groups excluding carboxylic acids is 2. The Labute approximate surface area is 171 Å². The van der Waals surface area contributed by atoms with Crippen LogP contribution in [0.4, 0.5) is 5.69 Å². The minimum absolute atomic E-state index is 0.000264. The lowest BCUT2D eigenvalue weighted by molar-refractivity contribution is -0.123. The van der Waals surface area contributed by atoms with Crippen molar-refractivity contribution in [2.24, 2.45) is 17.6 Å². The first-order valence-electron chi connectivity index (χ1n) is 10.2. The average molecular weight is 393 g/mol. The highest BCUT2D eigenvalue weighted by Gasteiger charge is 2.26. The van der Waals surface area contributed by atoms with Crippen molar-refractivity contribution < 1.29 is 14.3 Å². The Morgan fingerprint density at radius 2 is 1.86 bits per heavy atom. The number of nitrogens with zero attached hydrogens (tertiary/aromatic N) is 1. The van der Waals surface area contributed by atoms with Gasteiger partial charge in [0.25, 0.3) is 0 Å². The lowest BCUT2D eigenvalue weighted by Gasteiger charge is -2.30. The van der Waals surface area contributed by atoms with E-state index in [1.807, 2.05) is 42.5 Å². The van der Waals surface area contributed by atoms with Crippen molar-refractivity contribution in [2.75, 3.05) is 25.0 Å². The molecule has 2 amide bonds. The van der Waals surface area contributed by atoms with Gasteiger partial charge in [0, 0.05) is 18.2 Å². The van der Waals surface area contributed by atoms with E-state index < -0.39 is 0 Å². The number of primary amides is 1. The number of anilines is 1. The van der Waals surface area contributed by atoms with E-state index in [0.29, 0.717) is 13.0 Å². The summed E-state index contributed by atoms with van der Waals surface area (Å²) in [6.07, 6.45) is 2.32. The highest BCUT2D eigenvalue weighted by atomic mass is 16.5. The maximum atomic E-state index is 12.7. The number of likely N-dealkylation sites (tertiary alicyclic amines) is 1. The lowest BCUT2D eigenvalue weighted by atomic mass is 9.95. The first kappa shape index (κ1) is 19.5. The van der Waals surface area contributed by atoms with Gasteiger partial charge in [-0.3, -0.25) is 14.5 Å². The van der Waals surface area contributed by atoms with Gasteiger partial charge in [-0.2, -0.15) is 0 Å². The van der Waals surface area contributed by atoms with Crippen molar-refractivity contribution in [1.29, 1.82) is 0 Å². The number of ether oxygens (including phenoxy) is 1. The van der Waals surface area contributed by atoms with Gasteiger partial charge in [0.15, 0.2) is 0 Å². The first-order valence-corrected chi connectivity index (χ1v) is 10.2. The second-order valence-corrected chi connectivity index (χ2v) is 7.96. The quantitative estimate of drug-likeness (QED) is 0.818. The molecule has 0 saturated carbocycles. The standard InChI is InChI=1S/C23H27N3O3/c24-22(27)17-8-10-26(11-9-17)14-16-4-3-6-20(12-16)25-23(28)19-13-18-5-1-2-7-21(18)29-15-19/h1-7,12,17,19H,8-11,13-15H2,(H2,24,27)(H,25,28)/t19-/m0/s1. The van der Waals surface area contributed by atoms with E-state index in [9.17, 15) is 9.59 Å². The van der Waals surface area contributed by atoms with Gasteiger partial charge in [0.05, 0.1) is 5.92 Å². The van der Waals surface area contributed by atoms with Crippen molar-refractivity contribution in [3.05, 3.63) is 59.7 Å². The predicted octanol–water partition coefficient (Wildman–Crippen LogP) is 2.57. The molecular formula is C23H27N3O3. The topological polar surface area (TPSA) is 84.7 Å². The maximum Gasteiger partial charge on any atom is 0.231 e. The van der Waals surface area contributed by atoms with Crippen molar-refractivity contribution in [3.8, 4) is 5.75 Å². The van der Waals surface area contributed by atoms with Gasteiger partial charge in [-0.25, -0.2) is 0 Å². The monoisotopic (exact) mass is 393 g/mol. The molecule has 6 heteroatoms. The lowest BCUT2D eigenvalue weighted by Crippen LogP contribution is -2.38. The summed E-state index contributed by atoms with van der Waals surface area (Å²) >= 11 is 0. The summed E-state index contributed by atoms with van der Waals surface area (Å²) in [5, 5.41) is 3.04. The number of rotatable bonds is 5. The third kappa shape index (κ3) is 4.77. The molecular weight excluding hydrogens is 366 g/mol. The van der Waals surface area contributed by atoms with E-state index in [1.165, 1.54) is 0 Å². The van der Waals surface area contributed by atoms with Crippen LogP contribution < -0.4 is 15.8 Å². The minimum atomic E-state index is -0.193. The molecule has 0 spiro atoms. The molecule has 0 aliphatic carbocycles. The van der Waals surface area contributed by atoms with Gasteiger partial charge in [0.1, 0.15) is 12.4 Å². The molecule has 2 heterocycles. The molecule has 152 valence electrons. The zero-order chi connectivity index (χ0) is 20.2. The fraction of sp³-hybridized carbons (Fsp3) is 0.391. The van der Waals surface area contributed by atoms with Crippen LogP contribution in [0.5, 0.6) is 5.75 Å². The average Bonchev–Trinajstić information content (AvgIpc) is 2.74. The normalized spacial score (nSPS) is 19.8. The molecule has 4 rings (SSSR count). The molecule has 0 bridgehead atoms. The van der Waals surface area contributed by atoms with Crippen LogP contribution in [-0.2, 0) is 22.6 Å². The van der Waals surface area contributed by atoms with Gasteiger partial charge in [-0.1, -0.05) is 30.3 Å². The molecule has 2 aliphatic heterocycles. The molecule has 1 saturated heterocycles. The number of benzene rings is 2. The summed E-state index contributed by atoms with van der Waals surface area (Å²) in [6.45, 7) is 2.93. The molecule has 0 unspecified atom stereocenters. The zero-order valence-corrected chi connectivity index (χ0v) is 16.5.